The van der Waals surface area contributed by atoms with Crippen molar-refractivity contribution in [1.29, 1.82) is 0 Å². The van der Waals surface area contributed by atoms with Crippen LogP contribution in [0.15, 0.2) is 30.3 Å². The van der Waals surface area contributed by atoms with Gasteiger partial charge in [0.2, 0.25) is 0 Å². The summed E-state index contributed by atoms with van der Waals surface area (Å²) in [5, 5.41) is 22.7. The molecule has 2 rings (SSSR count). The van der Waals surface area contributed by atoms with Gasteiger partial charge in [-0.3, -0.25) is 29.9 Å². The molecule has 0 aliphatic carbocycles. The van der Waals surface area contributed by atoms with E-state index in [4.69, 9.17) is 4.43 Å². The van der Waals surface area contributed by atoms with Gasteiger partial charge in [0.25, 0.3) is 0 Å². The minimum absolute atomic E-state index is 0.0622. The van der Waals surface area contributed by atoms with Gasteiger partial charge in [-0.25, -0.2) is 0 Å². The molecule has 0 radical (unpaired) electrons. The van der Waals surface area contributed by atoms with Gasteiger partial charge in [-0.2, -0.15) is 0 Å². The van der Waals surface area contributed by atoms with Crippen LogP contribution in [0.3, 0.4) is 0 Å². The van der Waals surface area contributed by atoms with Gasteiger partial charge in [-0.15, -0.1) is 0 Å². The van der Waals surface area contributed by atoms with Crippen molar-refractivity contribution in [2.75, 3.05) is 19.7 Å². The van der Waals surface area contributed by atoms with Crippen molar-refractivity contribution in [3.8, 4) is 0 Å². The van der Waals surface area contributed by atoms with Gasteiger partial charge in [-0.05, 0) is 37.4 Å². The van der Waals surface area contributed by atoms with E-state index in [2.05, 4.69) is 33.9 Å². The standard InChI is InChI=1S/C22H35N3O6Si/c1-21(2,3)32(4,5)31-14-10-9-13-19(15-20(26)18-11-7-6-8-12-18)23-16-22(17-23,24(27)28)25(29)30/h6-8,11-12,19H,9-10,13-17H2,1-5H3/t19-/m1/s1. The van der Waals surface area contributed by atoms with E-state index in [-0.39, 0.29) is 36.4 Å². The van der Waals surface area contributed by atoms with Crippen LogP contribution in [0.1, 0.15) is 56.8 Å². The number of carbonyl (C=O) groups excluding carboxylic acids is 1. The molecular weight excluding hydrogens is 430 g/mol. The van der Waals surface area contributed by atoms with Gasteiger partial charge in [0.15, 0.2) is 14.1 Å². The Balaban J connectivity index is 1.98. The molecule has 1 fully saturated rings. The Morgan fingerprint density at radius 2 is 1.69 bits per heavy atom. The summed E-state index contributed by atoms with van der Waals surface area (Å²) in [6.45, 7) is 11.0. The first-order valence-corrected chi connectivity index (χ1v) is 14.0. The molecule has 0 amide bonds. The fraction of sp³-hybridized carbons (Fsp3) is 0.682. The van der Waals surface area contributed by atoms with Crippen molar-refractivity contribution in [2.24, 2.45) is 0 Å². The van der Waals surface area contributed by atoms with Crippen molar-refractivity contribution in [1.82, 2.24) is 4.90 Å². The number of unbranched alkanes of at least 4 members (excludes halogenated alkanes) is 1. The molecular formula is C22H35N3O6Si. The molecule has 1 atom stereocenters. The number of nitrogens with zero attached hydrogens (tertiary/aromatic N) is 3. The number of likely N-dealkylation sites (tertiary alicyclic amines) is 1. The predicted octanol–water partition coefficient (Wildman–Crippen LogP) is 4.39. The summed E-state index contributed by atoms with van der Waals surface area (Å²) in [5.74, 6) is -0.0622. The van der Waals surface area contributed by atoms with Crippen LogP contribution in [0.2, 0.25) is 18.1 Å². The summed E-state index contributed by atoms with van der Waals surface area (Å²) in [4.78, 5) is 35.4. The first-order chi connectivity index (χ1) is 14.8. The highest BCUT2D eigenvalue weighted by molar-refractivity contribution is 6.74. The van der Waals surface area contributed by atoms with Crippen molar-refractivity contribution in [2.45, 2.75) is 76.3 Å². The van der Waals surface area contributed by atoms with E-state index in [0.29, 0.717) is 18.6 Å². The SMILES string of the molecule is CC(C)(C)[Si](C)(C)OCCCC[C@H](CC(=O)c1ccccc1)N1CC([N+](=O)[O-])([N+](=O)[O-])C1. The van der Waals surface area contributed by atoms with Crippen molar-refractivity contribution >= 4 is 14.1 Å². The van der Waals surface area contributed by atoms with Gasteiger partial charge in [0, 0.05) is 24.6 Å². The molecule has 0 unspecified atom stereocenters. The number of rotatable bonds is 12. The summed E-state index contributed by atoms with van der Waals surface area (Å²) in [5.41, 5.74) is -1.59. The number of benzene rings is 1. The lowest BCUT2D eigenvalue weighted by Crippen LogP contribution is -2.72. The largest absolute Gasteiger partial charge is 0.482 e. The molecule has 0 N–H and O–H groups in total. The third-order valence-corrected chi connectivity index (χ3v) is 11.4. The third-order valence-electron chi connectivity index (χ3n) is 6.83. The van der Waals surface area contributed by atoms with Crippen molar-refractivity contribution < 1.29 is 19.1 Å². The highest BCUT2D eigenvalue weighted by Gasteiger charge is 2.67. The topological polar surface area (TPSA) is 116 Å². The number of hydrogen-bond donors (Lipinski definition) is 0. The maximum absolute atomic E-state index is 12.7. The zero-order chi connectivity index (χ0) is 24.2. The van der Waals surface area contributed by atoms with E-state index in [1.165, 1.54) is 0 Å². The fourth-order valence-electron chi connectivity index (χ4n) is 3.56. The first kappa shape index (κ1) is 26.1. The van der Waals surface area contributed by atoms with Crippen LogP contribution in [0.5, 0.6) is 0 Å². The second-order valence-electron chi connectivity index (χ2n) is 10.2. The molecule has 0 saturated carbocycles. The molecule has 1 aromatic carbocycles. The minimum Gasteiger partial charge on any atom is -0.417 e. The summed E-state index contributed by atoms with van der Waals surface area (Å²) in [6.07, 6.45) is 2.40. The second kappa shape index (κ2) is 10.2. The summed E-state index contributed by atoms with van der Waals surface area (Å²) < 4.78 is 6.20. The molecule has 1 aliphatic rings. The van der Waals surface area contributed by atoms with E-state index in [1.54, 1.807) is 29.2 Å². The highest BCUT2D eigenvalue weighted by Crippen LogP contribution is 2.36. The smallest absolute Gasteiger partial charge is 0.417 e. The maximum atomic E-state index is 12.7. The molecule has 1 saturated heterocycles. The van der Waals surface area contributed by atoms with Crippen LogP contribution in [-0.2, 0) is 4.43 Å². The fourth-order valence-corrected chi connectivity index (χ4v) is 4.64. The Bertz CT molecular complexity index is 803. The number of hydrogen-bond acceptors (Lipinski definition) is 7. The molecule has 0 bridgehead atoms. The lowest BCUT2D eigenvalue weighted by Gasteiger charge is -2.41. The van der Waals surface area contributed by atoms with Gasteiger partial charge >= 0.3 is 5.66 Å². The van der Waals surface area contributed by atoms with E-state index in [1.807, 2.05) is 6.07 Å². The van der Waals surface area contributed by atoms with E-state index in [9.17, 15) is 25.0 Å². The third kappa shape index (κ3) is 5.99. The average Bonchev–Trinajstić information content (AvgIpc) is 2.65. The highest BCUT2D eigenvalue weighted by atomic mass is 28.4. The van der Waals surface area contributed by atoms with Crippen LogP contribution in [-0.4, -0.2) is 60.2 Å². The Morgan fingerprint density at radius 1 is 1.12 bits per heavy atom. The Hall–Kier alpha value is -2.17. The molecule has 0 aromatic heterocycles. The molecule has 32 heavy (non-hydrogen) atoms. The molecule has 178 valence electrons. The molecule has 0 spiro atoms. The van der Waals surface area contributed by atoms with Crippen molar-refractivity contribution in [3.05, 3.63) is 56.1 Å². The summed E-state index contributed by atoms with van der Waals surface area (Å²) in [6, 6.07) is 8.60. The molecule has 1 aromatic rings. The number of ketones is 1. The van der Waals surface area contributed by atoms with E-state index in [0.717, 1.165) is 12.8 Å². The minimum atomic E-state index is -2.17. The monoisotopic (exact) mass is 465 g/mol. The Kier molecular flexibility index (Phi) is 8.30. The zero-order valence-electron chi connectivity index (χ0n) is 19.7. The molecule has 1 heterocycles. The van der Waals surface area contributed by atoms with Crippen LogP contribution >= 0.6 is 0 Å². The molecule has 10 heteroatoms. The number of carbonyl (C=O) groups is 1. The quantitative estimate of drug-likeness (QED) is 0.112. The lowest BCUT2D eigenvalue weighted by molar-refractivity contribution is -0.811. The van der Waals surface area contributed by atoms with Gasteiger partial charge in [0.1, 0.15) is 22.9 Å². The van der Waals surface area contributed by atoms with E-state index < -0.39 is 23.8 Å². The van der Waals surface area contributed by atoms with Crippen LogP contribution in [0, 0.1) is 20.2 Å². The Morgan fingerprint density at radius 3 is 2.19 bits per heavy atom. The number of Topliss-reactive ketones (excluding diaryl/α,β-unsaturated/α-hetero) is 1. The lowest BCUT2D eigenvalue weighted by atomic mass is 9.92. The van der Waals surface area contributed by atoms with Crippen LogP contribution in [0.4, 0.5) is 0 Å². The first-order valence-electron chi connectivity index (χ1n) is 11.1. The Labute approximate surface area is 190 Å². The van der Waals surface area contributed by atoms with Gasteiger partial charge < -0.3 is 4.43 Å². The molecule has 9 nitrogen and oxygen atoms in total. The van der Waals surface area contributed by atoms with E-state index >= 15 is 0 Å². The average molecular weight is 466 g/mol. The summed E-state index contributed by atoms with van der Waals surface area (Å²) in [7, 11) is -1.83. The normalized spacial score (nSPS) is 17.4. The zero-order valence-corrected chi connectivity index (χ0v) is 20.7. The van der Waals surface area contributed by atoms with Gasteiger partial charge in [-0.1, -0.05) is 51.1 Å². The van der Waals surface area contributed by atoms with Crippen LogP contribution in [0.25, 0.3) is 0 Å². The summed E-state index contributed by atoms with van der Waals surface area (Å²) >= 11 is 0. The molecule has 1 aliphatic heterocycles. The maximum Gasteiger partial charge on any atom is 0.482 e. The van der Waals surface area contributed by atoms with Gasteiger partial charge in [0.05, 0.1) is 0 Å². The van der Waals surface area contributed by atoms with Crippen molar-refractivity contribution in [3.63, 3.8) is 0 Å². The van der Waals surface area contributed by atoms with Crippen LogP contribution < -0.4 is 0 Å². The number of nitro groups is 2. The predicted molar refractivity (Wildman–Crippen MR) is 124 cm³/mol. The second-order valence-corrected chi connectivity index (χ2v) is 15.0.